The van der Waals surface area contributed by atoms with E-state index in [2.05, 4.69) is 15.0 Å². The fourth-order valence-electron chi connectivity index (χ4n) is 6.12. The van der Waals surface area contributed by atoms with E-state index in [0.717, 1.165) is 29.3 Å². The summed E-state index contributed by atoms with van der Waals surface area (Å²) in [6.45, 7) is 4.42. The number of benzene rings is 1. The van der Waals surface area contributed by atoms with E-state index in [4.69, 9.17) is 9.47 Å². The number of hydrogen-bond donors (Lipinski definition) is 1. The second-order valence-corrected chi connectivity index (χ2v) is 11.0. The number of amides is 2. The number of halogens is 2. The molecule has 0 atom stereocenters. The number of hydrogen-bond acceptors (Lipinski definition) is 7. The maximum atomic E-state index is 16.4. The zero-order chi connectivity index (χ0) is 31.7. The van der Waals surface area contributed by atoms with Crippen molar-refractivity contribution < 1.29 is 27.8 Å². The van der Waals surface area contributed by atoms with Gasteiger partial charge in [0, 0.05) is 74.2 Å². The van der Waals surface area contributed by atoms with Gasteiger partial charge in [-0.1, -0.05) is 13.0 Å². The number of ether oxygens (including phenoxy) is 2. The molecule has 2 aliphatic heterocycles. The van der Waals surface area contributed by atoms with Crippen LogP contribution in [0, 0.1) is 11.6 Å². The largest absolute Gasteiger partial charge is 0.493 e. The molecule has 3 aromatic heterocycles. The summed E-state index contributed by atoms with van der Waals surface area (Å²) in [5.41, 5.74) is 4.13. The number of methoxy groups -OCH3 is 2. The Morgan fingerprint density at radius 2 is 1.78 bits per heavy atom. The first kappa shape index (κ1) is 30.0. The van der Waals surface area contributed by atoms with Crippen molar-refractivity contribution in [1.82, 2.24) is 24.8 Å². The molecular weight excluding hydrogens is 582 g/mol. The molecule has 2 aliphatic rings. The highest BCUT2D eigenvalue weighted by Crippen LogP contribution is 2.38. The summed E-state index contributed by atoms with van der Waals surface area (Å²) < 4.78 is 40.3. The molecule has 0 aliphatic carbocycles. The molecule has 10 nitrogen and oxygen atoms in total. The quantitative estimate of drug-likeness (QED) is 0.314. The second kappa shape index (κ2) is 12.5. The number of fused-ring (bicyclic) bond motifs is 1. The van der Waals surface area contributed by atoms with Gasteiger partial charge in [0.05, 0.1) is 25.9 Å². The SMILES string of the molecule is CCc1ccncc1-c1cc(C2=CCCN(C(=O)OC)C2)c(F)c2[nH]c(C(=O)N3CCN(c4ncc(F)cc4OC)CC3)cc12. The van der Waals surface area contributed by atoms with Gasteiger partial charge in [-0.3, -0.25) is 9.78 Å². The van der Waals surface area contributed by atoms with Crippen molar-refractivity contribution >= 4 is 34.3 Å². The van der Waals surface area contributed by atoms with Crippen LogP contribution in [0.15, 0.2) is 48.9 Å². The van der Waals surface area contributed by atoms with Crippen LogP contribution in [0.5, 0.6) is 5.75 Å². The number of rotatable bonds is 6. The van der Waals surface area contributed by atoms with E-state index in [1.54, 1.807) is 34.3 Å². The highest BCUT2D eigenvalue weighted by Gasteiger charge is 2.29. The smallest absolute Gasteiger partial charge is 0.409 e. The summed E-state index contributed by atoms with van der Waals surface area (Å²) in [6.07, 6.45) is 7.40. The number of anilines is 1. The Balaban J connectivity index is 1.35. The average Bonchev–Trinajstić information content (AvgIpc) is 3.54. The maximum absolute atomic E-state index is 16.4. The van der Waals surface area contributed by atoms with E-state index in [9.17, 15) is 14.0 Å². The van der Waals surface area contributed by atoms with Gasteiger partial charge in [-0.05, 0) is 47.7 Å². The van der Waals surface area contributed by atoms with Crippen LogP contribution in [0.1, 0.15) is 35.0 Å². The van der Waals surface area contributed by atoms with Gasteiger partial charge in [-0.15, -0.1) is 0 Å². The van der Waals surface area contributed by atoms with Crippen LogP contribution in [0.3, 0.4) is 0 Å². The van der Waals surface area contributed by atoms with Gasteiger partial charge < -0.3 is 29.2 Å². The number of nitrogens with one attached hydrogen (secondary N) is 1. The zero-order valence-electron chi connectivity index (χ0n) is 25.4. The first-order valence-electron chi connectivity index (χ1n) is 14.9. The molecule has 234 valence electrons. The predicted octanol–water partition coefficient (Wildman–Crippen LogP) is 5.29. The third-order valence-corrected chi connectivity index (χ3v) is 8.48. The van der Waals surface area contributed by atoms with Gasteiger partial charge in [0.15, 0.2) is 17.4 Å². The Labute approximate surface area is 259 Å². The van der Waals surface area contributed by atoms with Gasteiger partial charge in [0.25, 0.3) is 5.91 Å². The van der Waals surface area contributed by atoms with Crippen molar-refractivity contribution in [2.75, 3.05) is 58.4 Å². The number of aromatic amines is 1. The Bertz CT molecular complexity index is 1800. The Morgan fingerprint density at radius 1 is 0.978 bits per heavy atom. The number of H-pyrrole nitrogens is 1. The molecule has 6 rings (SSSR count). The first-order chi connectivity index (χ1) is 21.8. The van der Waals surface area contributed by atoms with Crippen LogP contribution >= 0.6 is 0 Å². The van der Waals surface area contributed by atoms with Crippen LogP contribution in [-0.4, -0.2) is 90.2 Å². The molecule has 1 aromatic carbocycles. The standard InChI is InChI=1S/C33H34F2N6O4/c1-4-20-7-8-36-18-26(20)24-15-23(21-6-5-9-41(19-21)33(43)45-3)29(35)30-25(24)16-27(38-30)32(42)40-12-10-39(11-13-40)31-28(44-2)14-22(34)17-37-31/h6-8,14-18,38H,4-5,9-13,19H2,1-3H3. The van der Waals surface area contributed by atoms with Gasteiger partial charge in [-0.2, -0.15) is 0 Å². The lowest BCUT2D eigenvalue weighted by Crippen LogP contribution is -2.49. The molecule has 0 bridgehead atoms. The van der Waals surface area contributed by atoms with E-state index >= 15 is 4.39 Å². The Hall–Kier alpha value is -5.00. The van der Waals surface area contributed by atoms with Gasteiger partial charge in [-0.25, -0.2) is 18.6 Å². The van der Waals surface area contributed by atoms with E-state index in [1.807, 2.05) is 24.0 Å². The van der Waals surface area contributed by atoms with Gasteiger partial charge in [0.2, 0.25) is 0 Å². The van der Waals surface area contributed by atoms with E-state index in [0.29, 0.717) is 67.2 Å². The molecule has 1 N–H and O–H groups in total. The average molecular weight is 617 g/mol. The van der Waals surface area contributed by atoms with Crippen molar-refractivity contribution in [2.24, 2.45) is 0 Å². The number of nitrogens with zero attached hydrogens (tertiary/aromatic N) is 5. The lowest BCUT2D eigenvalue weighted by Gasteiger charge is -2.35. The van der Waals surface area contributed by atoms with Crippen LogP contribution in [-0.2, 0) is 11.2 Å². The fourth-order valence-corrected chi connectivity index (χ4v) is 6.12. The number of carbonyl (C=O) groups excluding carboxylic acids is 2. The second-order valence-electron chi connectivity index (χ2n) is 11.0. The highest BCUT2D eigenvalue weighted by molar-refractivity contribution is 6.05. The summed E-state index contributed by atoms with van der Waals surface area (Å²) >= 11 is 0. The monoisotopic (exact) mass is 616 g/mol. The van der Waals surface area contributed by atoms with Crippen LogP contribution in [0.25, 0.3) is 27.6 Å². The van der Waals surface area contributed by atoms with Crippen molar-refractivity contribution in [3.63, 3.8) is 0 Å². The molecule has 0 saturated carbocycles. The lowest BCUT2D eigenvalue weighted by atomic mass is 9.91. The normalized spacial score (nSPS) is 15.3. The number of piperazine rings is 1. The molecule has 45 heavy (non-hydrogen) atoms. The lowest BCUT2D eigenvalue weighted by molar-refractivity contribution is 0.0741. The molecule has 5 heterocycles. The van der Waals surface area contributed by atoms with Gasteiger partial charge >= 0.3 is 6.09 Å². The Morgan fingerprint density at radius 3 is 2.51 bits per heavy atom. The molecular formula is C33H34F2N6O4. The van der Waals surface area contributed by atoms with Crippen molar-refractivity contribution in [1.29, 1.82) is 0 Å². The first-order valence-corrected chi connectivity index (χ1v) is 14.9. The number of aromatic nitrogens is 3. The van der Waals surface area contributed by atoms with Crippen molar-refractivity contribution in [3.05, 3.63) is 77.4 Å². The van der Waals surface area contributed by atoms with Crippen LogP contribution in [0.2, 0.25) is 0 Å². The zero-order valence-corrected chi connectivity index (χ0v) is 25.4. The third-order valence-electron chi connectivity index (χ3n) is 8.48. The molecule has 0 spiro atoms. The summed E-state index contributed by atoms with van der Waals surface area (Å²) in [5.74, 6) is -0.397. The Kier molecular flexibility index (Phi) is 8.38. The molecule has 0 radical (unpaired) electrons. The molecule has 2 amide bonds. The third kappa shape index (κ3) is 5.67. The minimum absolute atomic E-state index is 0.201. The summed E-state index contributed by atoms with van der Waals surface area (Å²) in [5, 5.41) is 0.572. The van der Waals surface area contributed by atoms with E-state index in [1.165, 1.54) is 20.3 Å². The summed E-state index contributed by atoms with van der Waals surface area (Å²) in [6, 6.07) is 6.73. The topological polar surface area (TPSA) is 104 Å². The maximum Gasteiger partial charge on any atom is 0.409 e. The number of aryl methyl sites for hydroxylation is 1. The molecule has 1 fully saturated rings. The summed E-state index contributed by atoms with van der Waals surface area (Å²) in [4.78, 5) is 42.9. The summed E-state index contributed by atoms with van der Waals surface area (Å²) in [7, 11) is 2.79. The molecule has 1 saturated heterocycles. The predicted molar refractivity (Wildman–Crippen MR) is 166 cm³/mol. The molecule has 0 unspecified atom stereocenters. The van der Waals surface area contributed by atoms with Crippen LogP contribution in [0.4, 0.5) is 19.4 Å². The van der Waals surface area contributed by atoms with E-state index in [-0.39, 0.29) is 23.7 Å². The fraction of sp³-hybridized carbons (Fsp3) is 0.333. The van der Waals surface area contributed by atoms with Gasteiger partial charge in [0.1, 0.15) is 11.5 Å². The van der Waals surface area contributed by atoms with E-state index < -0.39 is 17.7 Å². The van der Waals surface area contributed by atoms with Crippen molar-refractivity contribution in [2.45, 2.75) is 19.8 Å². The van der Waals surface area contributed by atoms with Crippen LogP contribution < -0.4 is 9.64 Å². The minimum atomic E-state index is -0.494. The van der Waals surface area contributed by atoms with Crippen molar-refractivity contribution in [3.8, 4) is 16.9 Å². The molecule has 4 aromatic rings. The molecule has 12 heteroatoms. The number of pyridine rings is 2. The minimum Gasteiger partial charge on any atom is -0.493 e. The highest BCUT2D eigenvalue weighted by atomic mass is 19.1. The number of carbonyl (C=O) groups is 2.